The zero-order valence-electron chi connectivity index (χ0n) is 12.1. The van der Waals surface area contributed by atoms with Gasteiger partial charge >= 0.3 is 0 Å². The van der Waals surface area contributed by atoms with Crippen LogP contribution in [0.2, 0.25) is 0 Å². The molecule has 3 aromatic carbocycles. The van der Waals surface area contributed by atoms with Gasteiger partial charge in [-0.05, 0) is 39.8 Å². The minimum atomic E-state index is 1.19. The van der Waals surface area contributed by atoms with E-state index in [4.69, 9.17) is 0 Å². The second-order valence-electron chi connectivity index (χ2n) is 5.35. The topological polar surface area (TPSA) is 12.9 Å². The number of hydrogen-bond donors (Lipinski definition) is 0. The molecule has 0 bridgehead atoms. The normalized spacial score (nSPS) is 10.7. The number of hydrogen-bond acceptors (Lipinski definition) is 1. The van der Waals surface area contributed by atoms with Crippen LogP contribution in [0.15, 0.2) is 91.3 Å². The predicted molar refractivity (Wildman–Crippen MR) is 92.6 cm³/mol. The van der Waals surface area contributed by atoms with E-state index in [9.17, 15) is 0 Å². The largest absolute Gasteiger partial charge is 0.264 e. The van der Waals surface area contributed by atoms with Crippen molar-refractivity contribution in [1.29, 1.82) is 0 Å². The lowest BCUT2D eigenvalue weighted by Crippen LogP contribution is -1.84. The monoisotopic (exact) mass is 281 g/mol. The van der Waals surface area contributed by atoms with Crippen molar-refractivity contribution in [3.8, 4) is 22.3 Å². The molecule has 0 unspecified atom stereocenters. The third-order valence-corrected chi connectivity index (χ3v) is 3.96. The van der Waals surface area contributed by atoms with Crippen LogP contribution in [0.25, 0.3) is 33.0 Å². The van der Waals surface area contributed by atoms with E-state index in [1.54, 1.807) is 0 Å². The fourth-order valence-corrected chi connectivity index (χ4v) is 2.86. The molecule has 0 spiro atoms. The van der Waals surface area contributed by atoms with Crippen molar-refractivity contribution in [3.05, 3.63) is 91.3 Å². The molecule has 104 valence electrons. The lowest BCUT2D eigenvalue weighted by Gasteiger charge is -2.09. The second kappa shape index (κ2) is 5.45. The number of benzene rings is 3. The van der Waals surface area contributed by atoms with Crippen molar-refractivity contribution in [3.63, 3.8) is 0 Å². The minimum Gasteiger partial charge on any atom is -0.264 e. The van der Waals surface area contributed by atoms with Crippen molar-refractivity contribution in [2.24, 2.45) is 0 Å². The number of rotatable bonds is 2. The molecule has 1 heteroatoms. The van der Waals surface area contributed by atoms with E-state index in [-0.39, 0.29) is 0 Å². The molecule has 0 aliphatic carbocycles. The van der Waals surface area contributed by atoms with Crippen molar-refractivity contribution in [2.45, 2.75) is 0 Å². The maximum Gasteiger partial charge on any atom is 0.0352 e. The van der Waals surface area contributed by atoms with Crippen LogP contribution in [-0.4, -0.2) is 4.98 Å². The molecular weight excluding hydrogens is 266 g/mol. The highest BCUT2D eigenvalue weighted by Gasteiger charge is 2.05. The average molecular weight is 281 g/mol. The molecule has 0 saturated carbocycles. The van der Waals surface area contributed by atoms with Gasteiger partial charge in [-0.25, -0.2) is 0 Å². The molecule has 0 aliphatic heterocycles. The Bertz CT molecular complexity index is 921. The van der Waals surface area contributed by atoms with Crippen LogP contribution in [-0.2, 0) is 0 Å². The van der Waals surface area contributed by atoms with Gasteiger partial charge in [-0.15, -0.1) is 0 Å². The van der Waals surface area contributed by atoms with Crippen LogP contribution >= 0.6 is 0 Å². The summed E-state index contributed by atoms with van der Waals surface area (Å²) in [4.78, 5) is 4.28. The molecule has 0 amide bonds. The summed E-state index contributed by atoms with van der Waals surface area (Å²) in [6.07, 6.45) is 3.78. The van der Waals surface area contributed by atoms with Gasteiger partial charge in [-0.2, -0.15) is 0 Å². The fourth-order valence-electron chi connectivity index (χ4n) is 2.86. The summed E-state index contributed by atoms with van der Waals surface area (Å²) in [7, 11) is 0. The number of fused-ring (bicyclic) bond motifs is 1. The SMILES string of the molecule is c1ccc(-c2cccc(-c3cccc4ccncc34)c2)cc1. The summed E-state index contributed by atoms with van der Waals surface area (Å²) in [6.45, 7) is 0. The van der Waals surface area contributed by atoms with Gasteiger partial charge in [0.15, 0.2) is 0 Å². The van der Waals surface area contributed by atoms with Crippen LogP contribution < -0.4 is 0 Å². The van der Waals surface area contributed by atoms with Crippen LogP contribution in [0.3, 0.4) is 0 Å². The Labute approximate surface area is 129 Å². The Kier molecular flexibility index (Phi) is 3.17. The first-order chi connectivity index (χ1) is 10.9. The highest BCUT2D eigenvalue weighted by molar-refractivity contribution is 5.96. The molecule has 22 heavy (non-hydrogen) atoms. The lowest BCUT2D eigenvalue weighted by molar-refractivity contribution is 1.36. The number of pyridine rings is 1. The summed E-state index contributed by atoms with van der Waals surface area (Å²) in [5, 5.41) is 2.41. The van der Waals surface area contributed by atoms with Crippen LogP contribution in [0.4, 0.5) is 0 Å². The van der Waals surface area contributed by atoms with Crippen LogP contribution in [0.1, 0.15) is 0 Å². The summed E-state index contributed by atoms with van der Waals surface area (Å²) >= 11 is 0. The van der Waals surface area contributed by atoms with E-state index in [2.05, 4.69) is 77.8 Å². The maximum atomic E-state index is 4.28. The van der Waals surface area contributed by atoms with Gasteiger partial charge in [0.2, 0.25) is 0 Å². The third-order valence-electron chi connectivity index (χ3n) is 3.96. The molecule has 0 N–H and O–H groups in total. The van der Waals surface area contributed by atoms with Crippen LogP contribution in [0.5, 0.6) is 0 Å². The standard InChI is InChI=1S/C21H15N/c1-2-6-16(7-3-1)18-9-4-10-19(14-18)20-11-5-8-17-12-13-22-15-21(17)20/h1-15H. The molecule has 0 aliphatic rings. The smallest absolute Gasteiger partial charge is 0.0352 e. The second-order valence-corrected chi connectivity index (χ2v) is 5.35. The van der Waals surface area contributed by atoms with E-state index < -0.39 is 0 Å². The Morgan fingerprint density at radius 1 is 0.591 bits per heavy atom. The number of aromatic nitrogens is 1. The number of nitrogens with zero attached hydrogens (tertiary/aromatic N) is 1. The van der Waals surface area contributed by atoms with Crippen molar-refractivity contribution >= 4 is 10.8 Å². The summed E-state index contributed by atoms with van der Waals surface area (Å²) in [6, 6.07) is 27.6. The van der Waals surface area contributed by atoms with Gasteiger partial charge in [0, 0.05) is 17.8 Å². The average Bonchev–Trinajstić information content (AvgIpc) is 2.62. The predicted octanol–water partition coefficient (Wildman–Crippen LogP) is 5.57. The molecular formula is C21H15N. The molecule has 4 rings (SSSR count). The van der Waals surface area contributed by atoms with Crippen molar-refractivity contribution in [1.82, 2.24) is 4.98 Å². The minimum absolute atomic E-state index is 1.19. The van der Waals surface area contributed by atoms with Gasteiger partial charge in [-0.1, -0.05) is 66.7 Å². The first-order valence-electron chi connectivity index (χ1n) is 7.40. The lowest BCUT2D eigenvalue weighted by atomic mass is 9.96. The van der Waals surface area contributed by atoms with Gasteiger partial charge in [0.05, 0.1) is 0 Å². The molecule has 1 heterocycles. The molecule has 0 fully saturated rings. The first kappa shape index (κ1) is 12.8. The Morgan fingerprint density at radius 2 is 1.36 bits per heavy atom. The molecule has 1 aromatic heterocycles. The van der Waals surface area contributed by atoms with Gasteiger partial charge < -0.3 is 0 Å². The third kappa shape index (κ3) is 2.27. The highest BCUT2D eigenvalue weighted by Crippen LogP contribution is 2.30. The zero-order valence-corrected chi connectivity index (χ0v) is 12.1. The van der Waals surface area contributed by atoms with Gasteiger partial charge in [0.1, 0.15) is 0 Å². The van der Waals surface area contributed by atoms with Crippen molar-refractivity contribution in [2.75, 3.05) is 0 Å². The zero-order chi connectivity index (χ0) is 14.8. The summed E-state index contributed by atoms with van der Waals surface area (Å²) < 4.78 is 0. The van der Waals surface area contributed by atoms with Crippen LogP contribution in [0, 0.1) is 0 Å². The summed E-state index contributed by atoms with van der Waals surface area (Å²) in [5.41, 5.74) is 4.92. The molecule has 4 aromatic rings. The summed E-state index contributed by atoms with van der Waals surface area (Å²) in [5.74, 6) is 0. The van der Waals surface area contributed by atoms with E-state index >= 15 is 0 Å². The van der Waals surface area contributed by atoms with E-state index in [1.165, 1.54) is 33.0 Å². The van der Waals surface area contributed by atoms with Crippen molar-refractivity contribution < 1.29 is 0 Å². The van der Waals surface area contributed by atoms with E-state index in [1.807, 2.05) is 18.5 Å². The highest BCUT2D eigenvalue weighted by atomic mass is 14.6. The molecule has 1 nitrogen and oxygen atoms in total. The van der Waals surface area contributed by atoms with E-state index in [0.717, 1.165) is 0 Å². The Balaban J connectivity index is 1.89. The molecule has 0 atom stereocenters. The van der Waals surface area contributed by atoms with Gasteiger partial charge in [0.25, 0.3) is 0 Å². The van der Waals surface area contributed by atoms with E-state index in [0.29, 0.717) is 0 Å². The maximum absolute atomic E-state index is 4.28. The first-order valence-corrected chi connectivity index (χ1v) is 7.40. The Hall–Kier alpha value is -2.93. The Morgan fingerprint density at radius 3 is 2.27 bits per heavy atom. The quantitative estimate of drug-likeness (QED) is 0.468. The fraction of sp³-hybridized carbons (Fsp3) is 0. The molecule has 0 radical (unpaired) electrons. The van der Waals surface area contributed by atoms with Gasteiger partial charge in [-0.3, -0.25) is 4.98 Å². The molecule has 0 saturated heterocycles.